The maximum absolute atomic E-state index is 2.49. The van der Waals surface area contributed by atoms with Crippen molar-refractivity contribution in [2.45, 2.75) is 82.5 Å². The second-order valence-electron chi connectivity index (χ2n) is 18.5. The molecule has 262 valence electrons. The van der Waals surface area contributed by atoms with Gasteiger partial charge in [-0.3, -0.25) is 0 Å². The zero-order valence-electron chi connectivity index (χ0n) is 31.6. The summed E-state index contributed by atoms with van der Waals surface area (Å²) >= 11 is 0. The van der Waals surface area contributed by atoms with Crippen molar-refractivity contribution in [3.05, 3.63) is 161 Å². The lowest BCUT2D eigenvalue weighted by Gasteiger charge is -2.57. The summed E-state index contributed by atoms with van der Waals surface area (Å²) in [7, 11) is 0. The minimum absolute atomic E-state index is 0.0105. The Morgan fingerprint density at radius 2 is 0.925 bits per heavy atom. The van der Waals surface area contributed by atoms with Crippen molar-refractivity contribution in [1.82, 2.24) is 0 Å². The summed E-state index contributed by atoms with van der Waals surface area (Å²) in [6, 6.07) is 51.3. The first-order chi connectivity index (χ1) is 25.7. The average molecular weight is 688 g/mol. The standard InChI is InChI=1S/C52H49N/c1-50(2)46-13-9-8-12-42(46)43-21-14-37(28-48(43)50)36-15-23-47-45(27-36)44-22-20-41(29-49(44)51(47,3)4)53(39-10-6-5-7-11-39)40-18-16-38(17-19-40)52-30-33-24-34(31-52)26-35(25-33)32-52/h5-23,27-29,33-35H,24-26,30-32H2,1-4H3. The van der Waals surface area contributed by atoms with Gasteiger partial charge in [0.25, 0.3) is 0 Å². The second-order valence-corrected chi connectivity index (χ2v) is 18.5. The van der Waals surface area contributed by atoms with Gasteiger partial charge in [-0.1, -0.05) is 113 Å². The van der Waals surface area contributed by atoms with Crippen molar-refractivity contribution in [2.75, 3.05) is 4.90 Å². The Kier molecular flexibility index (Phi) is 6.61. The van der Waals surface area contributed by atoms with Crippen molar-refractivity contribution in [3.63, 3.8) is 0 Å². The van der Waals surface area contributed by atoms with Crippen LogP contribution in [0.4, 0.5) is 17.1 Å². The van der Waals surface area contributed by atoms with Crippen LogP contribution in [0.5, 0.6) is 0 Å². The molecule has 0 radical (unpaired) electrons. The quantitative estimate of drug-likeness (QED) is 0.174. The Morgan fingerprint density at radius 3 is 1.64 bits per heavy atom. The first-order valence-corrected chi connectivity index (χ1v) is 20.2. The average Bonchev–Trinajstić information content (AvgIpc) is 3.54. The number of rotatable bonds is 5. The van der Waals surface area contributed by atoms with E-state index in [0.29, 0.717) is 5.41 Å². The van der Waals surface area contributed by atoms with Gasteiger partial charge in [-0.15, -0.1) is 0 Å². The molecule has 0 N–H and O–H groups in total. The minimum atomic E-state index is -0.106. The highest BCUT2D eigenvalue weighted by atomic mass is 15.1. The molecule has 6 aromatic carbocycles. The first kappa shape index (κ1) is 31.6. The fraction of sp³-hybridized carbons (Fsp3) is 0.308. The maximum atomic E-state index is 2.49. The summed E-state index contributed by atoms with van der Waals surface area (Å²) in [6.45, 7) is 9.56. The molecule has 0 atom stereocenters. The Bertz CT molecular complexity index is 2390. The normalized spacial score (nSPS) is 24.7. The van der Waals surface area contributed by atoms with E-state index in [-0.39, 0.29) is 10.8 Å². The lowest BCUT2D eigenvalue weighted by atomic mass is 9.48. The van der Waals surface area contributed by atoms with Gasteiger partial charge in [0, 0.05) is 27.9 Å². The zero-order chi connectivity index (χ0) is 35.7. The lowest BCUT2D eigenvalue weighted by Crippen LogP contribution is -2.48. The molecule has 0 unspecified atom stereocenters. The van der Waals surface area contributed by atoms with E-state index in [9.17, 15) is 0 Å². The molecule has 1 heteroatoms. The highest BCUT2D eigenvalue weighted by molar-refractivity contribution is 5.89. The van der Waals surface area contributed by atoms with Crippen molar-refractivity contribution < 1.29 is 0 Å². The van der Waals surface area contributed by atoms with Gasteiger partial charge in [-0.25, -0.2) is 0 Å². The molecule has 53 heavy (non-hydrogen) atoms. The molecular formula is C52H49N. The van der Waals surface area contributed by atoms with Crippen molar-refractivity contribution in [2.24, 2.45) is 17.8 Å². The Labute approximate surface area is 315 Å². The first-order valence-electron chi connectivity index (χ1n) is 20.2. The van der Waals surface area contributed by atoms with Gasteiger partial charge in [0.2, 0.25) is 0 Å². The summed E-state index contributed by atoms with van der Waals surface area (Å²) < 4.78 is 0. The van der Waals surface area contributed by atoms with Gasteiger partial charge >= 0.3 is 0 Å². The molecule has 0 heterocycles. The van der Waals surface area contributed by atoms with Crippen LogP contribution in [0, 0.1) is 17.8 Å². The van der Waals surface area contributed by atoms with E-state index in [1.807, 2.05) is 0 Å². The molecule has 0 amide bonds. The molecule has 12 rings (SSSR count). The topological polar surface area (TPSA) is 3.24 Å². The van der Waals surface area contributed by atoms with E-state index >= 15 is 0 Å². The third kappa shape index (κ3) is 4.62. The number of hydrogen-bond acceptors (Lipinski definition) is 1. The van der Waals surface area contributed by atoms with Crippen LogP contribution < -0.4 is 4.90 Å². The molecule has 6 aliphatic rings. The van der Waals surface area contributed by atoms with Gasteiger partial charge in [-0.2, -0.15) is 0 Å². The fourth-order valence-electron chi connectivity index (χ4n) is 12.4. The van der Waals surface area contributed by atoms with E-state index in [2.05, 4.69) is 166 Å². The van der Waals surface area contributed by atoms with Crippen LogP contribution in [0.3, 0.4) is 0 Å². The van der Waals surface area contributed by atoms with Gasteiger partial charge in [0.05, 0.1) is 0 Å². The monoisotopic (exact) mass is 687 g/mol. The van der Waals surface area contributed by atoms with Crippen molar-refractivity contribution >= 4 is 17.1 Å². The number of nitrogens with zero attached hydrogens (tertiary/aromatic N) is 1. The molecule has 4 bridgehead atoms. The van der Waals surface area contributed by atoms with Gasteiger partial charge in [0.15, 0.2) is 0 Å². The Hall–Kier alpha value is -4.88. The predicted octanol–water partition coefficient (Wildman–Crippen LogP) is 13.9. The summed E-state index contributed by atoms with van der Waals surface area (Å²) in [6.07, 6.45) is 8.67. The SMILES string of the molecule is CC1(C)c2ccccc2-c2ccc(-c3ccc4c(c3)-c3ccc(N(c5ccccc5)c5ccc(C67CC8CC(CC(C8)C6)C7)cc5)cc3C4(C)C)cc21. The second kappa shape index (κ2) is 11.1. The largest absolute Gasteiger partial charge is 0.310 e. The molecule has 6 aromatic rings. The maximum Gasteiger partial charge on any atom is 0.0465 e. The smallest absolute Gasteiger partial charge is 0.0465 e. The third-order valence-corrected chi connectivity index (χ3v) is 14.6. The molecule has 1 nitrogen and oxygen atoms in total. The molecule has 4 fully saturated rings. The molecule has 4 saturated carbocycles. The van der Waals surface area contributed by atoms with Crippen molar-refractivity contribution in [1.29, 1.82) is 0 Å². The van der Waals surface area contributed by atoms with Crippen LogP contribution in [0.15, 0.2) is 133 Å². The van der Waals surface area contributed by atoms with Gasteiger partial charge in [0.1, 0.15) is 0 Å². The lowest BCUT2D eigenvalue weighted by molar-refractivity contribution is -0.00518. The van der Waals surface area contributed by atoms with Crippen LogP contribution in [-0.4, -0.2) is 0 Å². The number of para-hydroxylation sites is 1. The van der Waals surface area contributed by atoms with Crippen molar-refractivity contribution in [3.8, 4) is 33.4 Å². The molecule has 0 saturated heterocycles. The van der Waals surface area contributed by atoms with Crippen LogP contribution in [0.1, 0.15) is 94.0 Å². The highest BCUT2D eigenvalue weighted by Crippen LogP contribution is 2.61. The van der Waals surface area contributed by atoms with E-state index in [4.69, 9.17) is 0 Å². The highest BCUT2D eigenvalue weighted by Gasteiger charge is 2.51. The number of benzene rings is 6. The molecule has 0 aromatic heterocycles. The van der Waals surface area contributed by atoms with Crippen LogP contribution in [0.25, 0.3) is 33.4 Å². The molecular weight excluding hydrogens is 639 g/mol. The fourth-order valence-corrected chi connectivity index (χ4v) is 12.4. The summed E-state index contributed by atoms with van der Waals surface area (Å²) in [5, 5.41) is 0. The Balaban J connectivity index is 0.962. The molecule has 6 aliphatic carbocycles. The van der Waals surface area contributed by atoms with Crippen LogP contribution in [-0.2, 0) is 16.2 Å². The van der Waals surface area contributed by atoms with E-state index in [1.54, 1.807) is 5.56 Å². The van der Waals surface area contributed by atoms with Gasteiger partial charge in [-0.05, 0) is 171 Å². The predicted molar refractivity (Wildman–Crippen MR) is 222 cm³/mol. The molecule has 0 aliphatic heterocycles. The third-order valence-electron chi connectivity index (χ3n) is 14.6. The summed E-state index contributed by atoms with van der Waals surface area (Å²) in [4.78, 5) is 2.47. The summed E-state index contributed by atoms with van der Waals surface area (Å²) in [5.41, 5.74) is 19.3. The number of hydrogen-bond donors (Lipinski definition) is 0. The number of fused-ring (bicyclic) bond motifs is 6. The van der Waals surface area contributed by atoms with E-state index < -0.39 is 0 Å². The van der Waals surface area contributed by atoms with Gasteiger partial charge < -0.3 is 4.90 Å². The van der Waals surface area contributed by atoms with Crippen LogP contribution in [0.2, 0.25) is 0 Å². The van der Waals surface area contributed by atoms with Crippen LogP contribution >= 0.6 is 0 Å². The minimum Gasteiger partial charge on any atom is -0.310 e. The van der Waals surface area contributed by atoms with E-state index in [1.165, 1.54) is 111 Å². The summed E-state index contributed by atoms with van der Waals surface area (Å²) in [5.74, 6) is 2.86. The number of anilines is 3. The zero-order valence-corrected chi connectivity index (χ0v) is 31.6. The molecule has 0 spiro atoms. The Morgan fingerprint density at radius 1 is 0.415 bits per heavy atom. The van der Waals surface area contributed by atoms with E-state index in [0.717, 1.165) is 17.8 Å².